The third-order valence-corrected chi connectivity index (χ3v) is 4.33. The van der Waals surface area contributed by atoms with E-state index in [9.17, 15) is 13.2 Å². The lowest BCUT2D eigenvalue weighted by Gasteiger charge is -2.14. The minimum atomic E-state index is -3.77. The van der Waals surface area contributed by atoms with E-state index in [1.807, 2.05) is 4.72 Å². The number of carbonyl (C=O) groups is 1. The Bertz CT molecular complexity index is 572. The Morgan fingerprint density at radius 2 is 2.10 bits per heavy atom. The van der Waals surface area contributed by atoms with E-state index in [1.54, 1.807) is 31.3 Å². The molecule has 1 heterocycles. The molecule has 0 saturated carbocycles. The molecule has 1 unspecified atom stereocenters. The van der Waals surface area contributed by atoms with Crippen LogP contribution in [-0.4, -0.2) is 52.4 Å². The van der Waals surface area contributed by atoms with Gasteiger partial charge in [-0.05, 0) is 13.0 Å². The van der Waals surface area contributed by atoms with Gasteiger partial charge in [-0.25, -0.2) is 13.1 Å². The number of anilines is 1. The molecule has 0 aliphatic carbocycles. The van der Waals surface area contributed by atoms with Gasteiger partial charge in [-0.2, -0.15) is 0 Å². The van der Waals surface area contributed by atoms with Crippen LogP contribution in [0.25, 0.3) is 0 Å². The highest BCUT2D eigenvalue weighted by molar-refractivity contribution is 7.90. The highest BCUT2D eigenvalue weighted by Gasteiger charge is 2.23. The summed E-state index contributed by atoms with van der Waals surface area (Å²) in [4.78, 5) is 17.6. The van der Waals surface area contributed by atoms with Crippen LogP contribution in [-0.2, 0) is 14.8 Å². The molecule has 0 aromatic carbocycles. The Morgan fingerprint density at radius 3 is 2.65 bits per heavy atom. The summed E-state index contributed by atoms with van der Waals surface area (Å²) >= 11 is 0. The van der Waals surface area contributed by atoms with E-state index < -0.39 is 21.2 Å². The van der Waals surface area contributed by atoms with Gasteiger partial charge in [-0.1, -0.05) is 0 Å². The average Bonchev–Trinajstić information content (AvgIpc) is 2.38. The van der Waals surface area contributed by atoms with Gasteiger partial charge in [0.05, 0.1) is 24.1 Å². The molecule has 1 amide bonds. The molecule has 0 bridgehead atoms. The van der Waals surface area contributed by atoms with Gasteiger partial charge in [0.15, 0.2) is 0 Å². The van der Waals surface area contributed by atoms with Crippen molar-refractivity contribution in [2.75, 3.05) is 32.7 Å². The molecule has 8 heteroatoms. The average molecular weight is 301 g/mol. The van der Waals surface area contributed by atoms with Crippen molar-refractivity contribution in [2.24, 2.45) is 0 Å². The monoisotopic (exact) mass is 301 g/mol. The van der Waals surface area contributed by atoms with Gasteiger partial charge in [-0.3, -0.25) is 9.78 Å². The molecule has 1 atom stereocenters. The molecule has 1 N–H and O–H groups in total. The Morgan fingerprint density at radius 1 is 1.45 bits per heavy atom. The molecule has 1 aromatic heterocycles. The minimum absolute atomic E-state index is 0.0125. The number of nitrogens with one attached hydrogen (secondary N) is 1. The number of rotatable bonds is 6. The van der Waals surface area contributed by atoms with Crippen LogP contribution in [0.1, 0.15) is 17.3 Å². The van der Waals surface area contributed by atoms with E-state index in [1.165, 1.54) is 20.2 Å². The highest BCUT2D eigenvalue weighted by Crippen LogP contribution is 2.11. The lowest BCUT2D eigenvalue weighted by atomic mass is 10.2. The minimum Gasteiger partial charge on any atom is -0.383 e. The maximum absolute atomic E-state index is 12.0. The van der Waals surface area contributed by atoms with Gasteiger partial charge in [0.25, 0.3) is 5.91 Å². The van der Waals surface area contributed by atoms with Crippen molar-refractivity contribution in [3.63, 3.8) is 0 Å². The van der Waals surface area contributed by atoms with Crippen molar-refractivity contribution in [3.8, 4) is 0 Å². The molecule has 0 fully saturated rings. The summed E-state index contributed by atoms with van der Waals surface area (Å²) in [5.74, 6) is -0.704. The van der Waals surface area contributed by atoms with Crippen molar-refractivity contribution >= 4 is 21.6 Å². The fourth-order valence-corrected chi connectivity index (χ4v) is 2.30. The van der Waals surface area contributed by atoms with E-state index >= 15 is 0 Å². The number of aromatic nitrogens is 1. The van der Waals surface area contributed by atoms with Crippen LogP contribution in [0, 0.1) is 0 Å². The van der Waals surface area contributed by atoms with E-state index in [0.717, 1.165) is 0 Å². The predicted octanol–water partition coefficient (Wildman–Crippen LogP) is 0.242. The summed E-state index contributed by atoms with van der Waals surface area (Å²) in [5, 5.41) is -0.818. The number of carbonyl (C=O) groups excluding carboxylic acids is 1. The first-order valence-corrected chi connectivity index (χ1v) is 7.50. The SMILES string of the molecule is COCC(C)S(=O)(=O)NC(=O)c1cncc(N(C)C)c1. The molecule has 0 aliphatic rings. The first-order valence-electron chi connectivity index (χ1n) is 5.95. The number of methoxy groups -OCH3 is 1. The number of sulfonamides is 1. The first-order chi connectivity index (χ1) is 9.27. The number of amides is 1. The van der Waals surface area contributed by atoms with Crippen LogP contribution in [0.15, 0.2) is 18.5 Å². The summed E-state index contributed by atoms with van der Waals surface area (Å²) in [6.45, 7) is 1.48. The van der Waals surface area contributed by atoms with Crippen molar-refractivity contribution in [3.05, 3.63) is 24.0 Å². The van der Waals surface area contributed by atoms with Crippen molar-refractivity contribution < 1.29 is 17.9 Å². The van der Waals surface area contributed by atoms with E-state index in [-0.39, 0.29) is 12.2 Å². The van der Waals surface area contributed by atoms with Crippen LogP contribution in [0.2, 0.25) is 0 Å². The summed E-state index contributed by atoms with van der Waals surface area (Å²) in [6.07, 6.45) is 2.90. The zero-order valence-electron chi connectivity index (χ0n) is 12.0. The van der Waals surface area contributed by atoms with E-state index in [4.69, 9.17) is 4.74 Å². The van der Waals surface area contributed by atoms with Gasteiger partial charge in [-0.15, -0.1) is 0 Å². The smallest absolute Gasteiger partial charge is 0.266 e. The fraction of sp³-hybridized carbons (Fsp3) is 0.500. The summed E-state index contributed by atoms with van der Waals surface area (Å²) < 4.78 is 30.6. The Hall–Kier alpha value is -1.67. The molecule has 1 rings (SSSR count). The molecule has 0 aliphatic heterocycles. The molecule has 20 heavy (non-hydrogen) atoms. The number of hydrogen-bond acceptors (Lipinski definition) is 6. The molecule has 7 nitrogen and oxygen atoms in total. The van der Waals surface area contributed by atoms with Crippen LogP contribution >= 0.6 is 0 Å². The lowest BCUT2D eigenvalue weighted by molar-refractivity contribution is 0.0980. The fourth-order valence-electron chi connectivity index (χ4n) is 1.41. The standard InChI is InChI=1S/C12H19N3O4S/c1-9(8-19-4)20(17,18)14-12(16)10-5-11(15(2)3)7-13-6-10/h5-7,9H,8H2,1-4H3,(H,14,16). The molecular weight excluding hydrogens is 282 g/mol. The zero-order valence-corrected chi connectivity index (χ0v) is 12.8. The summed E-state index contributed by atoms with van der Waals surface area (Å²) in [5.41, 5.74) is 0.893. The van der Waals surface area contributed by atoms with E-state index in [0.29, 0.717) is 5.69 Å². The van der Waals surface area contributed by atoms with Crippen LogP contribution in [0.5, 0.6) is 0 Å². The van der Waals surface area contributed by atoms with Gasteiger partial charge >= 0.3 is 0 Å². The van der Waals surface area contributed by atoms with E-state index in [2.05, 4.69) is 4.98 Å². The Labute approximate surface area is 119 Å². The van der Waals surface area contributed by atoms with Gasteiger partial charge in [0.1, 0.15) is 5.25 Å². The van der Waals surface area contributed by atoms with Crippen LogP contribution < -0.4 is 9.62 Å². The topological polar surface area (TPSA) is 88.6 Å². The third kappa shape index (κ3) is 4.17. The molecular formula is C12H19N3O4S. The second-order valence-corrected chi connectivity index (χ2v) is 6.67. The van der Waals surface area contributed by atoms with Crippen LogP contribution in [0.4, 0.5) is 5.69 Å². The second kappa shape index (κ2) is 6.67. The van der Waals surface area contributed by atoms with Gasteiger partial charge in [0, 0.05) is 27.4 Å². The number of hydrogen-bond donors (Lipinski definition) is 1. The second-order valence-electron chi connectivity index (χ2n) is 4.57. The number of pyridine rings is 1. The van der Waals surface area contributed by atoms with Crippen molar-refractivity contribution in [1.82, 2.24) is 9.71 Å². The van der Waals surface area contributed by atoms with Gasteiger partial charge < -0.3 is 9.64 Å². The molecule has 1 aromatic rings. The summed E-state index contributed by atoms with van der Waals surface area (Å²) in [6, 6.07) is 1.57. The summed E-state index contributed by atoms with van der Waals surface area (Å²) in [7, 11) is 1.24. The Balaban J connectivity index is 2.89. The largest absolute Gasteiger partial charge is 0.383 e. The normalized spacial score (nSPS) is 12.8. The maximum atomic E-state index is 12.0. The molecule has 0 saturated heterocycles. The third-order valence-electron chi connectivity index (χ3n) is 2.67. The quantitative estimate of drug-likeness (QED) is 0.810. The Kier molecular flexibility index (Phi) is 5.46. The maximum Gasteiger partial charge on any atom is 0.266 e. The molecule has 112 valence electrons. The van der Waals surface area contributed by atoms with Crippen LogP contribution in [0.3, 0.4) is 0 Å². The highest BCUT2D eigenvalue weighted by atomic mass is 32.2. The lowest BCUT2D eigenvalue weighted by Crippen LogP contribution is -2.39. The van der Waals surface area contributed by atoms with Crippen molar-refractivity contribution in [1.29, 1.82) is 0 Å². The predicted molar refractivity (Wildman–Crippen MR) is 76.3 cm³/mol. The number of ether oxygens (including phenoxy) is 1. The van der Waals surface area contributed by atoms with Gasteiger partial charge in [0.2, 0.25) is 10.0 Å². The first kappa shape index (κ1) is 16.4. The molecule has 0 spiro atoms. The number of nitrogens with zero attached hydrogens (tertiary/aromatic N) is 2. The van der Waals surface area contributed by atoms with Crippen molar-refractivity contribution in [2.45, 2.75) is 12.2 Å². The molecule has 0 radical (unpaired) electrons. The zero-order chi connectivity index (χ0) is 15.3.